The summed E-state index contributed by atoms with van der Waals surface area (Å²) >= 11 is 1.04. The Morgan fingerprint density at radius 1 is 1.02 bits per heavy atom. The van der Waals surface area contributed by atoms with Gasteiger partial charge >= 0.3 is 18.0 Å². The Hall–Kier alpha value is -4.25. The van der Waals surface area contributed by atoms with Crippen molar-refractivity contribution in [1.29, 1.82) is 0 Å². The molecule has 2 aromatic rings. The largest absolute Gasteiger partial charge is 0.461 e. The number of ether oxygens (including phenoxy) is 2. The first-order valence-corrected chi connectivity index (χ1v) is 13.5. The topological polar surface area (TPSA) is 114 Å². The molecule has 0 aliphatic carbocycles. The molecule has 2 aromatic carbocycles. The number of nitrogens with one attached hydrogen (secondary N) is 1. The highest BCUT2D eigenvalue weighted by atomic mass is 32.2. The molecule has 1 saturated heterocycles. The number of alkyl halides is 1. The molecule has 1 N–H and O–H groups in total. The van der Waals surface area contributed by atoms with E-state index in [1.807, 2.05) is 48.5 Å². The van der Waals surface area contributed by atoms with Crippen LogP contribution in [-0.4, -0.2) is 70.7 Å². The summed E-state index contributed by atoms with van der Waals surface area (Å²) in [5.41, 5.74) is 1.57. The Labute approximate surface area is 235 Å². The van der Waals surface area contributed by atoms with Crippen molar-refractivity contribution < 1.29 is 33.0 Å². The quantitative estimate of drug-likeness (QED) is 0.380. The van der Waals surface area contributed by atoms with E-state index in [1.54, 1.807) is 24.3 Å². The van der Waals surface area contributed by atoms with Crippen LogP contribution in [0.25, 0.3) is 12.2 Å². The minimum atomic E-state index is -1.77. The molecule has 0 radical (unpaired) electrons. The predicted molar refractivity (Wildman–Crippen MR) is 150 cm³/mol. The number of benzene rings is 2. The van der Waals surface area contributed by atoms with Gasteiger partial charge in [-0.2, -0.15) is 4.99 Å². The molecule has 2 heterocycles. The lowest BCUT2D eigenvalue weighted by molar-refractivity contribution is -0.147. The molecule has 2 aliphatic heterocycles. The van der Waals surface area contributed by atoms with E-state index in [0.29, 0.717) is 0 Å². The van der Waals surface area contributed by atoms with Crippen LogP contribution in [-0.2, 0) is 23.9 Å². The monoisotopic (exact) mass is 565 g/mol. The second-order valence-electron chi connectivity index (χ2n) is 8.99. The predicted octanol–water partition coefficient (Wildman–Crippen LogP) is 4.01. The highest BCUT2D eigenvalue weighted by molar-refractivity contribution is 8.00. The summed E-state index contributed by atoms with van der Waals surface area (Å²) in [4.78, 5) is 54.1. The van der Waals surface area contributed by atoms with Crippen molar-refractivity contribution in [3.05, 3.63) is 83.9 Å². The fourth-order valence-corrected chi connectivity index (χ4v) is 5.66. The van der Waals surface area contributed by atoms with E-state index in [2.05, 4.69) is 10.3 Å². The summed E-state index contributed by atoms with van der Waals surface area (Å²) < 4.78 is 26.6. The summed E-state index contributed by atoms with van der Waals surface area (Å²) in [6, 6.07) is 17.5. The van der Waals surface area contributed by atoms with Crippen molar-refractivity contribution in [2.45, 2.75) is 36.2 Å². The van der Waals surface area contributed by atoms with E-state index in [-0.39, 0.29) is 31.3 Å². The van der Waals surface area contributed by atoms with Gasteiger partial charge in [0.1, 0.15) is 17.8 Å². The molecule has 40 heavy (non-hydrogen) atoms. The first-order valence-electron chi connectivity index (χ1n) is 12.6. The van der Waals surface area contributed by atoms with Crippen molar-refractivity contribution in [2.75, 3.05) is 13.2 Å². The number of halogens is 1. The van der Waals surface area contributed by atoms with Gasteiger partial charge in [0, 0.05) is 32.0 Å². The molecule has 0 aromatic heterocycles. The number of carbonyl (C=O) groups excluding carboxylic acids is 4. The number of nitrogens with zero attached hydrogens (tertiary/aromatic N) is 2. The highest BCUT2D eigenvalue weighted by Crippen LogP contribution is 2.41. The van der Waals surface area contributed by atoms with Crippen LogP contribution in [0.5, 0.6) is 0 Å². The number of hydrogen-bond donors (Lipinski definition) is 1. The number of urea groups is 1. The summed E-state index contributed by atoms with van der Waals surface area (Å²) in [5.74, 6) is -1.57. The van der Waals surface area contributed by atoms with Crippen molar-refractivity contribution in [3.8, 4) is 0 Å². The average Bonchev–Trinajstić information content (AvgIpc) is 3.24. The average molecular weight is 566 g/mol. The molecule has 1 fully saturated rings. The van der Waals surface area contributed by atoms with E-state index in [1.165, 1.54) is 24.0 Å². The standard InChI is InChI=1S/C29H28FN3O6S/c1-19(34)31-23-16-17-33(29(37)32-23)28-26(30)27(39-25(36)15-13-21-10-6-3-7-11-21)22(40-28)18-38-24(35)14-12-20-8-4-2-5-9-20/h2-15,22,26-28H,16-18H2,1H3,(H,31,32,34,37)/b14-12+,15-13+/t22?,26-,27+,28+/m0/s1. The van der Waals surface area contributed by atoms with Gasteiger partial charge in [-0.25, -0.2) is 18.8 Å². The molecule has 9 nitrogen and oxygen atoms in total. The number of aliphatic imine (C=N–C) groups is 1. The fourth-order valence-electron chi connectivity index (χ4n) is 4.15. The van der Waals surface area contributed by atoms with Crippen LogP contribution in [0.1, 0.15) is 24.5 Å². The third kappa shape index (κ3) is 7.89. The smallest absolute Gasteiger partial charge is 0.346 e. The van der Waals surface area contributed by atoms with E-state index in [4.69, 9.17) is 9.47 Å². The Morgan fingerprint density at radius 3 is 2.20 bits per heavy atom. The lowest BCUT2D eigenvalue weighted by Gasteiger charge is -2.31. The van der Waals surface area contributed by atoms with E-state index in [9.17, 15) is 19.2 Å². The zero-order valence-corrected chi connectivity index (χ0v) is 22.5. The first-order chi connectivity index (χ1) is 19.3. The van der Waals surface area contributed by atoms with Gasteiger partial charge < -0.3 is 19.7 Å². The number of amides is 3. The molecule has 3 amide bonds. The van der Waals surface area contributed by atoms with Crippen molar-refractivity contribution >= 4 is 53.6 Å². The second-order valence-corrected chi connectivity index (χ2v) is 10.4. The number of thioether (sulfide) groups is 1. The molecule has 0 saturated carbocycles. The number of rotatable bonds is 8. The SMILES string of the molecule is CC(=O)NC1=NC(=O)N([C@@H]2SC(COC(=O)/C=C/c3ccccc3)[C@@H](OC(=O)/C=C/c3ccccc3)[C@@H]2F)CC1. The maximum absolute atomic E-state index is 15.8. The van der Waals surface area contributed by atoms with E-state index in [0.717, 1.165) is 22.9 Å². The summed E-state index contributed by atoms with van der Waals surface area (Å²) in [5, 5.41) is 0.671. The van der Waals surface area contributed by atoms with Crippen LogP contribution in [0.4, 0.5) is 9.18 Å². The molecule has 0 spiro atoms. The van der Waals surface area contributed by atoms with Gasteiger partial charge in [0.05, 0.1) is 5.25 Å². The number of esters is 2. The van der Waals surface area contributed by atoms with E-state index >= 15 is 4.39 Å². The van der Waals surface area contributed by atoms with Crippen LogP contribution >= 0.6 is 11.8 Å². The zero-order valence-electron chi connectivity index (χ0n) is 21.6. The molecule has 208 valence electrons. The summed E-state index contributed by atoms with van der Waals surface area (Å²) in [7, 11) is 0. The van der Waals surface area contributed by atoms with E-state index < -0.39 is 40.9 Å². The number of amidine groups is 1. The summed E-state index contributed by atoms with van der Waals surface area (Å²) in [6.45, 7) is 1.16. The first kappa shape index (κ1) is 28.8. The molecule has 1 unspecified atom stereocenters. The lowest BCUT2D eigenvalue weighted by Crippen LogP contribution is -2.48. The van der Waals surface area contributed by atoms with Crippen LogP contribution in [0, 0.1) is 0 Å². The molecule has 11 heteroatoms. The number of carbonyl (C=O) groups is 4. The highest BCUT2D eigenvalue weighted by Gasteiger charge is 2.51. The van der Waals surface area contributed by atoms with Crippen molar-refractivity contribution in [3.63, 3.8) is 0 Å². The van der Waals surface area contributed by atoms with Crippen LogP contribution in [0.3, 0.4) is 0 Å². The Bertz CT molecular complexity index is 1320. The minimum Gasteiger partial charge on any atom is -0.461 e. The van der Waals surface area contributed by atoms with Crippen LogP contribution in [0.15, 0.2) is 77.8 Å². The lowest BCUT2D eigenvalue weighted by atomic mass is 10.1. The number of hydrogen-bond acceptors (Lipinski definition) is 7. The summed E-state index contributed by atoms with van der Waals surface area (Å²) in [6.07, 6.45) is 2.76. The van der Waals surface area contributed by atoms with Crippen LogP contribution < -0.4 is 5.32 Å². The molecule has 0 bridgehead atoms. The van der Waals surface area contributed by atoms with Gasteiger partial charge in [-0.05, 0) is 23.3 Å². The third-order valence-electron chi connectivity index (χ3n) is 6.03. The maximum Gasteiger partial charge on any atom is 0.346 e. The zero-order chi connectivity index (χ0) is 28.5. The fraction of sp³-hybridized carbons (Fsp3) is 0.276. The van der Waals surface area contributed by atoms with Gasteiger partial charge in [-0.15, -0.1) is 11.8 Å². The third-order valence-corrected chi connectivity index (χ3v) is 7.57. The van der Waals surface area contributed by atoms with Gasteiger partial charge in [0.15, 0.2) is 12.3 Å². The van der Waals surface area contributed by atoms with Crippen LogP contribution in [0.2, 0.25) is 0 Å². The van der Waals surface area contributed by atoms with Crippen molar-refractivity contribution in [2.24, 2.45) is 4.99 Å². The van der Waals surface area contributed by atoms with Crippen molar-refractivity contribution in [1.82, 2.24) is 10.2 Å². The molecule has 2 aliphatic rings. The normalized spacial score (nSPS) is 22.8. The molecule has 4 rings (SSSR count). The Kier molecular flexibility index (Phi) is 9.85. The Balaban J connectivity index is 1.45. The van der Waals surface area contributed by atoms with Gasteiger partial charge in [0.2, 0.25) is 5.91 Å². The van der Waals surface area contributed by atoms with Gasteiger partial charge in [-0.1, -0.05) is 60.7 Å². The minimum absolute atomic E-state index is 0.108. The van der Waals surface area contributed by atoms with Gasteiger partial charge in [0.25, 0.3) is 0 Å². The molecule has 4 atom stereocenters. The second kappa shape index (κ2) is 13.7. The Morgan fingerprint density at radius 2 is 1.62 bits per heavy atom. The van der Waals surface area contributed by atoms with Gasteiger partial charge in [-0.3, -0.25) is 4.79 Å². The molecular formula is C29H28FN3O6S. The molecular weight excluding hydrogens is 537 g/mol. The maximum atomic E-state index is 15.8.